The number of ether oxygens (including phenoxy) is 1. The van der Waals surface area contributed by atoms with Crippen molar-refractivity contribution in [1.29, 1.82) is 0 Å². The summed E-state index contributed by atoms with van der Waals surface area (Å²) in [4.78, 5) is 23.1. The van der Waals surface area contributed by atoms with Crippen LogP contribution in [0.5, 0.6) is 5.75 Å². The lowest BCUT2D eigenvalue weighted by Gasteiger charge is -2.16. The average molecular weight is 346 g/mol. The molecule has 120 valence electrons. The van der Waals surface area contributed by atoms with E-state index in [1.165, 1.54) is 0 Å². The molecule has 1 saturated carbocycles. The predicted octanol–water partition coefficient (Wildman–Crippen LogP) is 2.99. The molecule has 22 heavy (non-hydrogen) atoms. The summed E-state index contributed by atoms with van der Waals surface area (Å²) in [7, 11) is 0. The molecule has 5 nitrogen and oxygen atoms in total. The Balaban J connectivity index is 1.78. The summed E-state index contributed by atoms with van der Waals surface area (Å²) in [6.45, 7) is 0.515. The van der Waals surface area contributed by atoms with Crippen molar-refractivity contribution in [3.8, 4) is 5.75 Å². The van der Waals surface area contributed by atoms with Gasteiger partial charge in [0.1, 0.15) is 17.4 Å². The molecule has 1 aromatic carbocycles. The minimum absolute atomic E-state index is 0.231. The van der Waals surface area contributed by atoms with E-state index in [1.54, 1.807) is 18.2 Å². The van der Waals surface area contributed by atoms with Gasteiger partial charge >= 0.3 is 5.97 Å². The topological polar surface area (TPSA) is 75.6 Å². The van der Waals surface area contributed by atoms with E-state index in [9.17, 15) is 9.59 Å². The third-order valence-corrected chi connectivity index (χ3v) is 4.55. The van der Waals surface area contributed by atoms with Gasteiger partial charge in [0, 0.05) is 0 Å². The lowest BCUT2D eigenvalue weighted by Crippen LogP contribution is -2.37. The van der Waals surface area contributed by atoms with Crippen molar-refractivity contribution < 1.29 is 19.4 Å². The van der Waals surface area contributed by atoms with Gasteiger partial charge in [-0.2, -0.15) is 0 Å². The van der Waals surface area contributed by atoms with E-state index in [4.69, 9.17) is 33.0 Å². The lowest BCUT2D eigenvalue weighted by molar-refractivity contribution is -0.146. The number of carboxylic acid groups (broad SMARTS) is 1. The molecular weight excluding hydrogens is 329 g/mol. The van der Waals surface area contributed by atoms with Crippen LogP contribution in [-0.4, -0.2) is 30.1 Å². The van der Waals surface area contributed by atoms with Crippen LogP contribution in [0.2, 0.25) is 10.0 Å². The predicted molar refractivity (Wildman–Crippen MR) is 83.4 cm³/mol. The molecular formula is C15H17Cl2NO4. The zero-order valence-corrected chi connectivity index (χ0v) is 13.4. The Bertz CT molecular complexity index is 564. The van der Waals surface area contributed by atoms with Crippen LogP contribution in [0, 0.1) is 11.8 Å². The highest BCUT2D eigenvalue weighted by molar-refractivity contribution is 6.42. The van der Waals surface area contributed by atoms with E-state index in [-0.39, 0.29) is 19.1 Å². The van der Waals surface area contributed by atoms with Crippen molar-refractivity contribution in [2.75, 3.05) is 13.2 Å². The number of aliphatic carboxylic acids is 1. The molecule has 0 bridgehead atoms. The molecule has 1 amide bonds. The van der Waals surface area contributed by atoms with Crippen LogP contribution in [0.4, 0.5) is 0 Å². The summed E-state index contributed by atoms with van der Waals surface area (Å²) in [5.74, 6) is -1.71. The van der Waals surface area contributed by atoms with E-state index < -0.39 is 17.8 Å². The summed E-state index contributed by atoms with van der Waals surface area (Å²) in [6.07, 6.45) is 1.94. The molecule has 1 fully saturated rings. The molecule has 0 saturated heterocycles. The molecule has 0 spiro atoms. The Morgan fingerprint density at radius 2 is 2.00 bits per heavy atom. The number of carbonyl (C=O) groups is 2. The SMILES string of the molecule is O=C(NCCOc1cccc(Cl)c1Cl)[C@H]1CCC[C@H]1C(=O)O. The maximum absolute atomic E-state index is 12.0. The van der Waals surface area contributed by atoms with Crippen molar-refractivity contribution in [2.45, 2.75) is 19.3 Å². The number of carbonyl (C=O) groups excluding carboxylic acids is 1. The van der Waals surface area contributed by atoms with Gasteiger partial charge in [0.2, 0.25) is 5.91 Å². The monoisotopic (exact) mass is 345 g/mol. The van der Waals surface area contributed by atoms with Crippen LogP contribution in [0.3, 0.4) is 0 Å². The van der Waals surface area contributed by atoms with Crippen molar-refractivity contribution in [3.05, 3.63) is 28.2 Å². The van der Waals surface area contributed by atoms with E-state index in [0.29, 0.717) is 28.6 Å². The number of carboxylic acids is 1. The molecule has 7 heteroatoms. The van der Waals surface area contributed by atoms with Crippen LogP contribution < -0.4 is 10.1 Å². The van der Waals surface area contributed by atoms with Gasteiger partial charge in [0.05, 0.1) is 23.4 Å². The largest absolute Gasteiger partial charge is 0.490 e. The fourth-order valence-electron chi connectivity index (χ4n) is 2.63. The minimum atomic E-state index is -0.903. The number of rotatable bonds is 6. The molecule has 2 N–H and O–H groups in total. The number of amides is 1. The first kappa shape index (κ1) is 16.9. The zero-order valence-electron chi connectivity index (χ0n) is 11.9. The molecule has 0 unspecified atom stereocenters. The summed E-state index contributed by atoms with van der Waals surface area (Å²) in [5.41, 5.74) is 0. The van der Waals surface area contributed by atoms with E-state index in [2.05, 4.69) is 5.32 Å². The maximum atomic E-state index is 12.0. The number of hydrogen-bond donors (Lipinski definition) is 2. The number of benzene rings is 1. The van der Waals surface area contributed by atoms with E-state index >= 15 is 0 Å². The third-order valence-electron chi connectivity index (χ3n) is 3.74. The lowest BCUT2D eigenvalue weighted by atomic mass is 9.95. The standard InChI is InChI=1S/C15H17Cl2NO4/c16-11-5-2-6-12(13(11)17)22-8-7-18-14(19)9-3-1-4-10(9)15(20)21/h2,5-6,9-10H,1,3-4,7-8H2,(H,18,19)(H,20,21)/t9-,10+/m0/s1. The highest BCUT2D eigenvalue weighted by Crippen LogP contribution is 2.32. The van der Waals surface area contributed by atoms with Crippen molar-refractivity contribution >= 4 is 35.1 Å². The minimum Gasteiger partial charge on any atom is -0.490 e. The number of nitrogens with one attached hydrogen (secondary N) is 1. The molecule has 0 aliphatic heterocycles. The second-order valence-corrected chi connectivity index (χ2v) is 5.96. The number of halogens is 2. The van der Waals surface area contributed by atoms with Crippen LogP contribution in [-0.2, 0) is 9.59 Å². The second-order valence-electron chi connectivity index (χ2n) is 5.17. The zero-order chi connectivity index (χ0) is 16.1. The molecule has 0 radical (unpaired) electrons. The van der Waals surface area contributed by atoms with Crippen LogP contribution in [0.15, 0.2) is 18.2 Å². The first-order valence-electron chi connectivity index (χ1n) is 7.08. The second kappa shape index (κ2) is 7.70. The van der Waals surface area contributed by atoms with Gasteiger partial charge in [-0.05, 0) is 25.0 Å². The number of hydrogen-bond acceptors (Lipinski definition) is 3. The fourth-order valence-corrected chi connectivity index (χ4v) is 2.98. The molecule has 2 rings (SSSR count). The summed E-state index contributed by atoms with van der Waals surface area (Å²) < 4.78 is 5.46. The Kier molecular flexibility index (Phi) is 5.91. The Morgan fingerprint density at radius 1 is 1.27 bits per heavy atom. The fraction of sp³-hybridized carbons (Fsp3) is 0.467. The van der Waals surface area contributed by atoms with Gasteiger partial charge < -0.3 is 15.2 Å². The molecule has 1 aromatic rings. The summed E-state index contributed by atoms with van der Waals surface area (Å²) >= 11 is 11.9. The van der Waals surface area contributed by atoms with E-state index in [1.807, 2.05) is 0 Å². The van der Waals surface area contributed by atoms with Gasteiger partial charge in [0.15, 0.2) is 0 Å². The van der Waals surface area contributed by atoms with Gasteiger partial charge in [0.25, 0.3) is 0 Å². The maximum Gasteiger partial charge on any atom is 0.307 e. The van der Waals surface area contributed by atoms with Gasteiger partial charge in [-0.25, -0.2) is 0 Å². The molecule has 1 aliphatic carbocycles. The molecule has 2 atom stereocenters. The Labute approximate surface area is 138 Å². The Morgan fingerprint density at radius 3 is 2.73 bits per heavy atom. The highest BCUT2D eigenvalue weighted by atomic mass is 35.5. The van der Waals surface area contributed by atoms with Crippen LogP contribution in [0.1, 0.15) is 19.3 Å². The van der Waals surface area contributed by atoms with Crippen molar-refractivity contribution in [2.24, 2.45) is 11.8 Å². The molecule has 0 aromatic heterocycles. The van der Waals surface area contributed by atoms with Gasteiger partial charge in [-0.15, -0.1) is 0 Å². The highest BCUT2D eigenvalue weighted by Gasteiger charge is 2.37. The smallest absolute Gasteiger partial charge is 0.307 e. The summed E-state index contributed by atoms with van der Waals surface area (Å²) in [6, 6.07) is 5.07. The van der Waals surface area contributed by atoms with Crippen LogP contribution in [0.25, 0.3) is 0 Å². The Hall–Kier alpha value is -1.46. The van der Waals surface area contributed by atoms with Gasteiger partial charge in [-0.1, -0.05) is 35.7 Å². The quantitative estimate of drug-likeness (QED) is 0.777. The molecule has 1 aliphatic rings. The van der Waals surface area contributed by atoms with Gasteiger partial charge in [-0.3, -0.25) is 9.59 Å². The average Bonchev–Trinajstić information content (AvgIpc) is 2.97. The summed E-state index contributed by atoms with van der Waals surface area (Å²) in [5, 5.41) is 12.5. The normalized spacial score (nSPS) is 20.6. The van der Waals surface area contributed by atoms with Crippen molar-refractivity contribution in [3.63, 3.8) is 0 Å². The first-order valence-corrected chi connectivity index (χ1v) is 7.83. The van der Waals surface area contributed by atoms with Crippen molar-refractivity contribution in [1.82, 2.24) is 5.32 Å². The first-order chi connectivity index (χ1) is 10.5. The van der Waals surface area contributed by atoms with Crippen LogP contribution >= 0.6 is 23.2 Å². The molecule has 0 heterocycles. The van der Waals surface area contributed by atoms with E-state index in [0.717, 1.165) is 6.42 Å². The third kappa shape index (κ3) is 4.05.